The minimum Gasteiger partial charge on any atom is -0.494 e. The molecule has 4 rings (SSSR count). The maximum atomic E-state index is 14.2. The standard InChI is InChI=1S/C30H36N2O3/c1-2-35-28-16-14-25(15-17-28)24-32(19-9-18-31-20-22-34-23-21-31)30(33)29(26-10-5-3-6-11-26)27-12-7-4-8-13-27/h3-8,10-17,29H,2,9,18-24H2,1H3. The normalized spacial score (nSPS) is 14.1. The van der Waals surface area contributed by atoms with Crippen molar-refractivity contribution in [2.45, 2.75) is 25.8 Å². The first kappa shape index (κ1) is 25.0. The molecule has 0 radical (unpaired) electrons. The molecule has 5 nitrogen and oxygen atoms in total. The molecular formula is C30H36N2O3. The van der Waals surface area contributed by atoms with E-state index < -0.39 is 0 Å². The van der Waals surface area contributed by atoms with Crippen LogP contribution < -0.4 is 4.74 Å². The van der Waals surface area contributed by atoms with Gasteiger partial charge in [-0.05, 0) is 42.2 Å². The van der Waals surface area contributed by atoms with Crippen molar-refractivity contribution in [1.29, 1.82) is 0 Å². The first-order valence-corrected chi connectivity index (χ1v) is 12.6. The molecule has 0 aromatic heterocycles. The molecule has 0 spiro atoms. The zero-order valence-electron chi connectivity index (χ0n) is 20.6. The molecule has 0 unspecified atom stereocenters. The first-order chi connectivity index (χ1) is 17.2. The fourth-order valence-electron chi connectivity index (χ4n) is 4.61. The third-order valence-corrected chi connectivity index (χ3v) is 6.44. The zero-order chi connectivity index (χ0) is 24.3. The average molecular weight is 473 g/mol. The summed E-state index contributed by atoms with van der Waals surface area (Å²) in [6.07, 6.45) is 0.930. The molecule has 0 bridgehead atoms. The molecule has 3 aromatic rings. The van der Waals surface area contributed by atoms with Crippen molar-refractivity contribution < 1.29 is 14.3 Å². The van der Waals surface area contributed by atoms with E-state index >= 15 is 0 Å². The number of hydrogen-bond donors (Lipinski definition) is 0. The molecule has 1 saturated heterocycles. The van der Waals surface area contributed by atoms with Crippen molar-refractivity contribution in [3.63, 3.8) is 0 Å². The molecule has 3 aromatic carbocycles. The smallest absolute Gasteiger partial charge is 0.234 e. The van der Waals surface area contributed by atoms with Crippen LogP contribution in [0.3, 0.4) is 0 Å². The lowest BCUT2D eigenvalue weighted by molar-refractivity contribution is -0.132. The van der Waals surface area contributed by atoms with Crippen LogP contribution in [0.15, 0.2) is 84.9 Å². The molecule has 1 aliphatic rings. The number of benzene rings is 3. The Bertz CT molecular complexity index is 979. The summed E-state index contributed by atoms with van der Waals surface area (Å²) in [5, 5.41) is 0. The van der Waals surface area contributed by atoms with Crippen molar-refractivity contribution in [1.82, 2.24) is 9.80 Å². The summed E-state index contributed by atoms with van der Waals surface area (Å²) >= 11 is 0. The molecule has 1 aliphatic heterocycles. The number of carbonyl (C=O) groups excluding carboxylic acids is 1. The topological polar surface area (TPSA) is 42.0 Å². The lowest BCUT2D eigenvalue weighted by Crippen LogP contribution is -2.40. The van der Waals surface area contributed by atoms with Gasteiger partial charge in [0.1, 0.15) is 5.75 Å². The molecule has 1 heterocycles. The predicted octanol–water partition coefficient (Wildman–Crippen LogP) is 4.97. The van der Waals surface area contributed by atoms with Crippen molar-refractivity contribution >= 4 is 5.91 Å². The van der Waals surface area contributed by atoms with Crippen LogP contribution in [-0.4, -0.2) is 61.7 Å². The molecule has 0 saturated carbocycles. The summed E-state index contributed by atoms with van der Waals surface area (Å²) in [4.78, 5) is 18.6. The van der Waals surface area contributed by atoms with Gasteiger partial charge in [0.2, 0.25) is 5.91 Å². The van der Waals surface area contributed by atoms with E-state index in [2.05, 4.69) is 41.3 Å². The van der Waals surface area contributed by atoms with Crippen LogP contribution in [-0.2, 0) is 16.1 Å². The number of hydrogen-bond acceptors (Lipinski definition) is 4. The average Bonchev–Trinajstić information content (AvgIpc) is 2.91. The Labute approximate surface area is 209 Å². The SMILES string of the molecule is CCOc1ccc(CN(CCCN2CCOCC2)C(=O)C(c2ccccc2)c2ccccc2)cc1. The number of rotatable bonds is 11. The van der Waals surface area contributed by atoms with E-state index in [4.69, 9.17) is 9.47 Å². The van der Waals surface area contributed by atoms with Gasteiger partial charge in [0.25, 0.3) is 0 Å². The van der Waals surface area contributed by atoms with Crippen LogP contribution in [0.2, 0.25) is 0 Å². The lowest BCUT2D eigenvalue weighted by Gasteiger charge is -2.30. The van der Waals surface area contributed by atoms with Crippen LogP contribution in [0.25, 0.3) is 0 Å². The van der Waals surface area contributed by atoms with Crippen LogP contribution >= 0.6 is 0 Å². The number of ether oxygens (including phenoxy) is 2. The maximum Gasteiger partial charge on any atom is 0.234 e. The number of carbonyl (C=O) groups is 1. The second-order valence-corrected chi connectivity index (χ2v) is 8.90. The van der Waals surface area contributed by atoms with Gasteiger partial charge in [0.15, 0.2) is 0 Å². The van der Waals surface area contributed by atoms with E-state index in [0.717, 1.165) is 61.7 Å². The first-order valence-electron chi connectivity index (χ1n) is 12.6. The predicted molar refractivity (Wildman–Crippen MR) is 140 cm³/mol. The van der Waals surface area contributed by atoms with Crippen molar-refractivity contribution in [2.24, 2.45) is 0 Å². The van der Waals surface area contributed by atoms with Gasteiger partial charge in [-0.3, -0.25) is 9.69 Å². The molecule has 1 fully saturated rings. The van der Waals surface area contributed by atoms with E-state index in [1.54, 1.807) is 0 Å². The molecule has 184 valence electrons. The zero-order valence-corrected chi connectivity index (χ0v) is 20.6. The Morgan fingerprint density at radius 2 is 1.51 bits per heavy atom. The van der Waals surface area contributed by atoms with E-state index in [1.807, 2.05) is 60.4 Å². The summed E-state index contributed by atoms with van der Waals surface area (Å²) in [6, 6.07) is 28.3. The van der Waals surface area contributed by atoms with Gasteiger partial charge in [0.05, 0.1) is 25.7 Å². The Hall–Kier alpha value is -3.15. The largest absolute Gasteiger partial charge is 0.494 e. The van der Waals surface area contributed by atoms with Gasteiger partial charge in [-0.15, -0.1) is 0 Å². The molecule has 1 amide bonds. The Balaban J connectivity index is 1.56. The Kier molecular flexibility index (Phi) is 9.32. The highest BCUT2D eigenvalue weighted by Crippen LogP contribution is 2.28. The van der Waals surface area contributed by atoms with Crippen LogP contribution in [0.4, 0.5) is 0 Å². The number of amides is 1. The molecule has 0 aliphatic carbocycles. The maximum absolute atomic E-state index is 14.2. The van der Waals surface area contributed by atoms with Crippen LogP contribution in [0.5, 0.6) is 5.75 Å². The lowest BCUT2D eigenvalue weighted by atomic mass is 9.89. The van der Waals surface area contributed by atoms with Gasteiger partial charge in [0, 0.05) is 32.7 Å². The summed E-state index contributed by atoms with van der Waals surface area (Å²) in [5.41, 5.74) is 3.15. The minimum atomic E-state index is -0.330. The summed E-state index contributed by atoms with van der Waals surface area (Å²) in [5.74, 6) is 0.662. The van der Waals surface area contributed by atoms with Crippen LogP contribution in [0.1, 0.15) is 36.0 Å². The van der Waals surface area contributed by atoms with Crippen molar-refractivity contribution in [3.8, 4) is 5.75 Å². The van der Waals surface area contributed by atoms with Gasteiger partial charge >= 0.3 is 0 Å². The van der Waals surface area contributed by atoms with Crippen molar-refractivity contribution in [3.05, 3.63) is 102 Å². The summed E-state index contributed by atoms with van der Waals surface area (Å²) < 4.78 is 11.1. The minimum absolute atomic E-state index is 0.137. The third kappa shape index (κ3) is 7.17. The highest BCUT2D eigenvalue weighted by Gasteiger charge is 2.27. The van der Waals surface area contributed by atoms with Gasteiger partial charge in [-0.2, -0.15) is 0 Å². The van der Waals surface area contributed by atoms with Gasteiger partial charge < -0.3 is 14.4 Å². The van der Waals surface area contributed by atoms with Crippen molar-refractivity contribution in [2.75, 3.05) is 46.0 Å². The molecule has 5 heteroatoms. The highest BCUT2D eigenvalue weighted by molar-refractivity contribution is 5.87. The molecule has 35 heavy (non-hydrogen) atoms. The fourth-order valence-corrected chi connectivity index (χ4v) is 4.61. The number of morpholine rings is 1. The Morgan fingerprint density at radius 1 is 0.914 bits per heavy atom. The fraction of sp³-hybridized carbons (Fsp3) is 0.367. The molecular weight excluding hydrogens is 436 g/mol. The monoisotopic (exact) mass is 472 g/mol. The van der Waals surface area contributed by atoms with E-state index in [-0.39, 0.29) is 11.8 Å². The second kappa shape index (κ2) is 13.1. The van der Waals surface area contributed by atoms with Crippen LogP contribution in [0, 0.1) is 0 Å². The quantitative estimate of drug-likeness (QED) is 0.395. The van der Waals surface area contributed by atoms with Gasteiger partial charge in [-0.25, -0.2) is 0 Å². The van der Waals surface area contributed by atoms with E-state index in [0.29, 0.717) is 19.7 Å². The summed E-state index contributed by atoms with van der Waals surface area (Å²) in [6.45, 7) is 8.38. The molecule has 0 N–H and O–H groups in total. The summed E-state index contributed by atoms with van der Waals surface area (Å²) in [7, 11) is 0. The second-order valence-electron chi connectivity index (χ2n) is 8.90. The van der Waals surface area contributed by atoms with E-state index in [9.17, 15) is 4.79 Å². The van der Waals surface area contributed by atoms with Gasteiger partial charge in [-0.1, -0.05) is 72.8 Å². The third-order valence-electron chi connectivity index (χ3n) is 6.44. The molecule has 0 atom stereocenters. The van der Waals surface area contributed by atoms with E-state index in [1.165, 1.54) is 0 Å². The highest BCUT2D eigenvalue weighted by atomic mass is 16.5. The Morgan fingerprint density at radius 3 is 2.09 bits per heavy atom. The number of nitrogens with zero attached hydrogens (tertiary/aromatic N) is 2.